The van der Waals surface area contributed by atoms with Crippen molar-refractivity contribution in [2.24, 2.45) is 0 Å². The van der Waals surface area contributed by atoms with Crippen molar-refractivity contribution in [2.75, 3.05) is 0 Å². The largest absolute Gasteiger partial charge is 0.281 e. The summed E-state index contributed by atoms with van der Waals surface area (Å²) in [5.41, 5.74) is 8.95. The van der Waals surface area contributed by atoms with Crippen molar-refractivity contribution in [3.05, 3.63) is 125 Å². The van der Waals surface area contributed by atoms with E-state index in [9.17, 15) is 0 Å². The molecule has 0 atom stereocenters. The number of hydrogen-bond acceptors (Lipinski definition) is 3. The van der Waals surface area contributed by atoms with Gasteiger partial charge in [0.1, 0.15) is 11.1 Å². The Bertz CT molecular complexity index is 1450. The zero-order valence-corrected chi connectivity index (χ0v) is 19.6. The van der Waals surface area contributed by atoms with Gasteiger partial charge in [0.15, 0.2) is 0 Å². The minimum absolute atomic E-state index is 0.0125. The average molecular weight is 443 g/mol. The maximum absolute atomic E-state index is 5.24. The summed E-state index contributed by atoms with van der Waals surface area (Å²) in [6, 6.07) is 31.7. The van der Waals surface area contributed by atoms with E-state index in [1.54, 1.807) is 0 Å². The molecule has 0 fully saturated rings. The SMILES string of the molecule is CC(C)(C)c1cc(-c2cccc(C3(c4ccccn4)c4ccccc4-c4ccccc43)n2)n[nH]1. The van der Waals surface area contributed by atoms with Crippen LogP contribution in [0.15, 0.2) is 97.2 Å². The van der Waals surface area contributed by atoms with Crippen LogP contribution in [-0.4, -0.2) is 20.2 Å². The first-order valence-electron chi connectivity index (χ1n) is 11.6. The average Bonchev–Trinajstić information content (AvgIpc) is 3.48. The third-order valence-electron chi connectivity index (χ3n) is 6.78. The van der Waals surface area contributed by atoms with Gasteiger partial charge in [-0.05, 0) is 52.6 Å². The molecule has 0 unspecified atom stereocenters. The summed E-state index contributed by atoms with van der Waals surface area (Å²) in [6.07, 6.45) is 1.87. The second kappa shape index (κ2) is 7.49. The summed E-state index contributed by atoms with van der Waals surface area (Å²) >= 11 is 0. The summed E-state index contributed by atoms with van der Waals surface area (Å²) in [5.74, 6) is 0. The molecular weight excluding hydrogens is 416 g/mol. The number of nitrogens with one attached hydrogen (secondary N) is 1. The van der Waals surface area contributed by atoms with Crippen molar-refractivity contribution in [3.63, 3.8) is 0 Å². The number of aromatic amines is 1. The van der Waals surface area contributed by atoms with Crippen molar-refractivity contribution >= 4 is 0 Å². The second-order valence-electron chi connectivity index (χ2n) is 9.88. The lowest BCUT2D eigenvalue weighted by Gasteiger charge is -2.31. The highest BCUT2D eigenvalue weighted by molar-refractivity contribution is 5.85. The number of hydrogen-bond donors (Lipinski definition) is 1. The van der Waals surface area contributed by atoms with Gasteiger partial charge in [-0.3, -0.25) is 10.1 Å². The van der Waals surface area contributed by atoms with Gasteiger partial charge in [-0.1, -0.05) is 81.4 Å². The monoisotopic (exact) mass is 442 g/mol. The zero-order chi connectivity index (χ0) is 23.3. The molecule has 166 valence electrons. The van der Waals surface area contributed by atoms with Crippen LogP contribution in [0.1, 0.15) is 49.0 Å². The Labute approximate surface area is 199 Å². The van der Waals surface area contributed by atoms with Crippen molar-refractivity contribution < 1.29 is 0 Å². The molecule has 2 aromatic carbocycles. The lowest BCUT2D eigenvalue weighted by atomic mass is 9.72. The topological polar surface area (TPSA) is 54.5 Å². The van der Waals surface area contributed by atoms with Gasteiger partial charge in [-0.2, -0.15) is 5.10 Å². The minimum Gasteiger partial charge on any atom is -0.281 e. The number of aromatic nitrogens is 4. The van der Waals surface area contributed by atoms with E-state index in [0.717, 1.165) is 28.5 Å². The molecule has 6 rings (SSSR count). The first-order chi connectivity index (χ1) is 16.5. The maximum Gasteiger partial charge on any atom is 0.111 e. The van der Waals surface area contributed by atoms with Crippen LogP contribution in [0.25, 0.3) is 22.5 Å². The number of rotatable bonds is 3. The van der Waals surface area contributed by atoms with E-state index < -0.39 is 5.41 Å². The molecule has 3 aromatic heterocycles. The molecule has 4 heteroatoms. The molecule has 34 heavy (non-hydrogen) atoms. The Balaban J connectivity index is 1.64. The Hall–Kier alpha value is -4.05. The molecule has 0 saturated heterocycles. The fourth-order valence-corrected chi connectivity index (χ4v) is 5.13. The van der Waals surface area contributed by atoms with Crippen molar-refractivity contribution in [2.45, 2.75) is 31.6 Å². The van der Waals surface area contributed by atoms with E-state index in [1.807, 2.05) is 18.3 Å². The third-order valence-corrected chi connectivity index (χ3v) is 6.78. The normalized spacial score (nSPS) is 14.0. The molecule has 0 spiro atoms. The first-order valence-corrected chi connectivity index (χ1v) is 11.6. The van der Waals surface area contributed by atoms with E-state index in [2.05, 4.69) is 110 Å². The molecule has 4 nitrogen and oxygen atoms in total. The Morgan fingerprint density at radius 2 is 1.32 bits per heavy atom. The zero-order valence-electron chi connectivity index (χ0n) is 19.6. The number of nitrogens with zero attached hydrogens (tertiary/aromatic N) is 3. The predicted octanol–water partition coefficient (Wildman–Crippen LogP) is 6.53. The smallest absolute Gasteiger partial charge is 0.111 e. The highest BCUT2D eigenvalue weighted by Crippen LogP contribution is 2.55. The van der Waals surface area contributed by atoms with Crippen LogP contribution in [0.4, 0.5) is 0 Å². The van der Waals surface area contributed by atoms with Gasteiger partial charge in [-0.15, -0.1) is 0 Å². The van der Waals surface area contributed by atoms with Gasteiger partial charge in [0.05, 0.1) is 17.1 Å². The fraction of sp³-hybridized carbons (Fsp3) is 0.167. The third kappa shape index (κ3) is 2.95. The Morgan fingerprint density at radius 3 is 1.94 bits per heavy atom. The molecule has 0 saturated carbocycles. The minimum atomic E-state index is -0.604. The maximum atomic E-state index is 5.24. The lowest BCUT2D eigenvalue weighted by molar-refractivity contribution is 0.567. The van der Waals surface area contributed by atoms with E-state index in [-0.39, 0.29) is 5.41 Å². The van der Waals surface area contributed by atoms with E-state index in [0.29, 0.717) is 0 Å². The summed E-state index contributed by atoms with van der Waals surface area (Å²) in [7, 11) is 0. The van der Waals surface area contributed by atoms with E-state index in [4.69, 9.17) is 9.97 Å². The Kier molecular flexibility index (Phi) is 4.53. The van der Waals surface area contributed by atoms with Gasteiger partial charge in [-0.25, -0.2) is 4.98 Å². The van der Waals surface area contributed by atoms with Crippen molar-refractivity contribution in [3.8, 4) is 22.5 Å². The molecule has 3 heterocycles. The van der Waals surface area contributed by atoms with Gasteiger partial charge in [0.2, 0.25) is 0 Å². The predicted molar refractivity (Wildman–Crippen MR) is 136 cm³/mol. The van der Waals surface area contributed by atoms with Gasteiger partial charge in [0, 0.05) is 17.3 Å². The number of benzene rings is 2. The molecule has 1 N–H and O–H groups in total. The number of pyridine rings is 2. The van der Waals surface area contributed by atoms with E-state index >= 15 is 0 Å². The van der Waals surface area contributed by atoms with Gasteiger partial charge >= 0.3 is 0 Å². The summed E-state index contributed by atoms with van der Waals surface area (Å²) < 4.78 is 0. The van der Waals surface area contributed by atoms with Crippen LogP contribution in [-0.2, 0) is 10.8 Å². The highest BCUT2D eigenvalue weighted by atomic mass is 15.1. The fourth-order valence-electron chi connectivity index (χ4n) is 5.13. The van der Waals surface area contributed by atoms with Crippen LogP contribution >= 0.6 is 0 Å². The molecule has 1 aliphatic rings. The summed E-state index contributed by atoms with van der Waals surface area (Å²) in [5, 5.41) is 7.80. The van der Waals surface area contributed by atoms with E-state index in [1.165, 1.54) is 22.3 Å². The summed E-state index contributed by atoms with van der Waals surface area (Å²) in [4.78, 5) is 10.1. The first kappa shape index (κ1) is 20.5. The molecule has 0 amide bonds. The molecule has 0 aliphatic heterocycles. The van der Waals surface area contributed by atoms with Crippen LogP contribution in [0.3, 0.4) is 0 Å². The second-order valence-corrected chi connectivity index (χ2v) is 9.88. The molecular formula is C30H26N4. The molecule has 1 aliphatic carbocycles. The van der Waals surface area contributed by atoms with Crippen LogP contribution in [0.2, 0.25) is 0 Å². The van der Waals surface area contributed by atoms with Gasteiger partial charge in [0.25, 0.3) is 0 Å². The highest BCUT2D eigenvalue weighted by Gasteiger charge is 2.48. The van der Waals surface area contributed by atoms with Crippen LogP contribution in [0.5, 0.6) is 0 Å². The molecule has 0 radical (unpaired) electrons. The standard InChI is InChI=1S/C30H26N4/c1-29(2,3)28-19-25(33-34-28)24-15-10-17-27(32-24)30(26-16-8-9-18-31-26)22-13-6-4-11-20(22)21-12-5-7-14-23(21)30/h4-19H,1-3H3,(H,33,34). The Morgan fingerprint density at radius 1 is 0.676 bits per heavy atom. The summed E-state index contributed by atoms with van der Waals surface area (Å²) in [6.45, 7) is 6.53. The number of H-pyrrole nitrogens is 1. The molecule has 5 aromatic rings. The van der Waals surface area contributed by atoms with Crippen LogP contribution < -0.4 is 0 Å². The molecule has 0 bridgehead atoms. The van der Waals surface area contributed by atoms with Gasteiger partial charge < -0.3 is 0 Å². The number of fused-ring (bicyclic) bond motifs is 3. The van der Waals surface area contributed by atoms with Crippen molar-refractivity contribution in [1.82, 2.24) is 20.2 Å². The lowest BCUT2D eigenvalue weighted by Crippen LogP contribution is -2.31. The quantitative estimate of drug-likeness (QED) is 0.339. The van der Waals surface area contributed by atoms with Crippen molar-refractivity contribution in [1.29, 1.82) is 0 Å². The van der Waals surface area contributed by atoms with Crippen LogP contribution in [0, 0.1) is 0 Å².